The largest absolute Gasteiger partial charge is 0.376 e. The minimum absolute atomic E-state index is 0.591. The van der Waals surface area contributed by atoms with Gasteiger partial charge in [0.15, 0.2) is 5.82 Å². The Bertz CT molecular complexity index is 635. The predicted molar refractivity (Wildman–Crippen MR) is 70.7 cm³/mol. The monoisotopic (exact) mass is 252 g/mol. The van der Waals surface area contributed by atoms with E-state index in [1.165, 1.54) is 0 Å². The highest BCUT2D eigenvalue weighted by molar-refractivity contribution is 5.56. The van der Waals surface area contributed by atoms with Gasteiger partial charge in [-0.1, -0.05) is 0 Å². The van der Waals surface area contributed by atoms with Gasteiger partial charge in [-0.25, -0.2) is 9.67 Å². The van der Waals surface area contributed by atoms with Crippen LogP contribution in [0.1, 0.15) is 5.69 Å². The Hall–Kier alpha value is -2.76. The van der Waals surface area contributed by atoms with Crippen LogP contribution in [0.25, 0.3) is 5.82 Å². The second-order valence-electron chi connectivity index (χ2n) is 3.88. The normalized spacial score (nSPS) is 10.3. The molecule has 0 radical (unpaired) electrons. The predicted octanol–water partition coefficient (Wildman–Crippen LogP) is 1.67. The van der Waals surface area contributed by atoms with E-state index in [9.17, 15) is 0 Å². The zero-order valence-electron chi connectivity index (χ0n) is 10.1. The summed E-state index contributed by atoms with van der Waals surface area (Å²) in [4.78, 5) is 12.6. The lowest BCUT2D eigenvalue weighted by atomic mass is 10.3. The summed E-state index contributed by atoms with van der Waals surface area (Å²) in [6.45, 7) is 0.591. The lowest BCUT2D eigenvalue weighted by molar-refractivity contribution is 0.845. The Kier molecular flexibility index (Phi) is 3.14. The van der Waals surface area contributed by atoms with E-state index < -0.39 is 0 Å². The van der Waals surface area contributed by atoms with Crippen LogP contribution in [0, 0.1) is 0 Å². The first-order chi connectivity index (χ1) is 9.43. The van der Waals surface area contributed by atoms with E-state index in [0.29, 0.717) is 6.54 Å². The summed E-state index contributed by atoms with van der Waals surface area (Å²) in [5.41, 5.74) is 1.77. The number of nitrogens with one attached hydrogen (secondary N) is 1. The topological polar surface area (TPSA) is 68.5 Å². The number of pyridine rings is 1. The SMILES string of the molecule is c1cnc(-n2cccn2)c(NCc2cnccn2)c1. The van der Waals surface area contributed by atoms with Crippen LogP contribution in [0.2, 0.25) is 0 Å². The first-order valence-corrected chi connectivity index (χ1v) is 5.87. The van der Waals surface area contributed by atoms with Crippen LogP contribution in [0.5, 0.6) is 0 Å². The molecular formula is C13H12N6. The third-order valence-electron chi connectivity index (χ3n) is 2.58. The summed E-state index contributed by atoms with van der Waals surface area (Å²) < 4.78 is 1.72. The van der Waals surface area contributed by atoms with Crippen molar-refractivity contribution >= 4 is 5.69 Å². The van der Waals surface area contributed by atoms with Crippen LogP contribution in [-0.2, 0) is 6.54 Å². The molecule has 0 aliphatic carbocycles. The number of hydrogen-bond acceptors (Lipinski definition) is 5. The Labute approximate surface area is 110 Å². The zero-order chi connectivity index (χ0) is 12.9. The maximum absolute atomic E-state index is 4.34. The maximum Gasteiger partial charge on any atom is 0.176 e. The molecule has 0 saturated heterocycles. The van der Waals surface area contributed by atoms with E-state index in [-0.39, 0.29) is 0 Å². The molecule has 94 valence electrons. The molecule has 0 amide bonds. The van der Waals surface area contributed by atoms with Gasteiger partial charge in [0, 0.05) is 31.0 Å². The van der Waals surface area contributed by atoms with Crippen molar-refractivity contribution in [2.75, 3.05) is 5.32 Å². The van der Waals surface area contributed by atoms with Crippen molar-refractivity contribution in [1.29, 1.82) is 0 Å². The van der Waals surface area contributed by atoms with Gasteiger partial charge in [0.1, 0.15) is 0 Å². The Morgan fingerprint density at radius 3 is 2.84 bits per heavy atom. The Balaban J connectivity index is 1.82. The number of nitrogens with zero attached hydrogens (tertiary/aromatic N) is 5. The third kappa shape index (κ3) is 2.57. The zero-order valence-corrected chi connectivity index (χ0v) is 10.1. The Morgan fingerprint density at radius 1 is 1.05 bits per heavy atom. The van der Waals surface area contributed by atoms with E-state index >= 15 is 0 Å². The highest BCUT2D eigenvalue weighted by Gasteiger charge is 2.05. The molecule has 0 atom stereocenters. The molecule has 0 bridgehead atoms. The molecule has 0 spiro atoms. The fourth-order valence-corrected chi connectivity index (χ4v) is 1.72. The first kappa shape index (κ1) is 11.3. The van der Waals surface area contributed by atoms with E-state index in [2.05, 4.69) is 25.4 Å². The van der Waals surface area contributed by atoms with Crippen molar-refractivity contribution in [3.05, 3.63) is 61.1 Å². The van der Waals surface area contributed by atoms with Crippen LogP contribution in [0.4, 0.5) is 5.69 Å². The summed E-state index contributed by atoms with van der Waals surface area (Å²) in [6, 6.07) is 5.70. The van der Waals surface area contributed by atoms with Gasteiger partial charge >= 0.3 is 0 Å². The summed E-state index contributed by atoms with van der Waals surface area (Å²) in [5, 5.41) is 7.48. The van der Waals surface area contributed by atoms with Crippen molar-refractivity contribution < 1.29 is 0 Å². The smallest absolute Gasteiger partial charge is 0.176 e. The van der Waals surface area contributed by atoms with Crippen molar-refractivity contribution in [2.45, 2.75) is 6.54 Å². The molecule has 0 aliphatic heterocycles. The highest BCUT2D eigenvalue weighted by Crippen LogP contribution is 2.16. The highest BCUT2D eigenvalue weighted by atomic mass is 15.3. The second kappa shape index (κ2) is 5.26. The van der Waals surface area contributed by atoms with Gasteiger partial charge in [-0.2, -0.15) is 5.10 Å². The number of hydrogen-bond donors (Lipinski definition) is 1. The molecule has 0 unspecified atom stereocenters. The second-order valence-corrected chi connectivity index (χ2v) is 3.88. The van der Waals surface area contributed by atoms with Crippen molar-refractivity contribution in [1.82, 2.24) is 24.7 Å². The van der Waals surface area contributed by atoms with Gasteiger partial charge in [-0.15, -0.1) is 0 Å². The summed E-state index contributed by atoms with van der Waals surface area (Å²) in [6.07, 6.45) is 10.4. The standard InChI is InChI=1S/C13H12N6/c1-3-12(17-10-11-9-14-6-7-15-11)13(16-4-1)19-8-2-5-18-19/h1-9,17H,10H2. The summed E-state index contributed by atoms with van der Waals surface area (Å²) in [5.74, 6) is 0.761. The van der Waals surface area contributed by atoms with Crippen LogP contribution in [0.3, 0.4) is 0 Å². The molecule has 0 aliphatic rings. The molecule has 0 fully saturated rings. The van der Waals surface area contributed by atoms with E-state index in [1.807, 2.05) is 24.4 Å². The quantitative estimate of drug-likeness (QED) is 0.765. The molecule has 6 nitrogen and oxygen atoms in total. The lowest BCUT2D eigenvalue weighted by Gasteiger charge is -2.10. The van der Waals surface area contributed by atoms with Gasteiger partial charge in [-0.05, 0) is 18.2 Å². The molecule has 3 rings (SSSR count). The molecule has 0 aromatic carbocycles. The summed E-state index contributed by atoms with van der Waals surface area (Å²) in [7, 11) is 0. The number of rotatable bonds is 4. The molecule has 3 aromatic heterocycles. The molecule has 19 heavy (non-hydrogen) atoms. The lowest BCUT2D eigenvalue weighted by Crippen LogP contribution is -2.07. The summed E-state index contributed by atoms with van der Waals surface area (Å²) >= 11 is 0. The first-order valence-electron chi connectivity index (χ1n) is 5.87. The van der Waals surface area contributed by atoms with Gasteiger partial charge in [0.2, 0.25) is 0 Å². The fourth-order valence-electron chi connectivity index (χ4n) is 1.72. The van der Waals surface area contributed by atoms with Crippen LogP contribution in [-0.4, -0.2) is 24.7 Å². The average molecular weight is 252 g/mol. The van der Waals surface area contributed by atoms with Crippen molar-refractivity contribution in [3.8, 4) is 5.82 Å². The van der Waals surface area contributed by atoms with Crippen LogP contribution in [0.15, 0.2) is 55.4 Å². The molecule has 3 aromatic rings. The minimum Gasteiger partial charge on any atom is -0.376 e. The van der Waals surface area contributed by atoms with E-state index in [4.69, 9.17) is 0 Å². The average Bonchev–Trinajstić information content (AvgIpc) is 3.01. The van der Waals surface area contributed by atoms with E-state index in [1.54, 1.807) is 35.7 Å². The van der Waals surface area contributed by atoms with Crippen molar-refractivity contribution in [2.24, 2.45) is 0 Å². The minimum atomic E-state index is 0.591. The van der Waals surface area contributed by atoms with Crippen molar-refractivity contribution in [3.63, 3.8) is 0 Å². The van der Waals surface area contributed by atoms with Crippen LogP contribution >= 0.6 is 0 Å². The van der Waals surface area contributed by atoms with Crippen LogP contribution < -0.4 is 5.32 Å². The fraction of sp³-hybridized carbons (Fsp3) is 0.0769. The van der Waals surface area contributed by atoms with Gasteiger partial charge < -0.3 is 5.32 Å². The van der Waals surface area contributed by atoms with Gasteiger partial charge in [0.05, 0.1) is 24.1 Å². The number of aromatic nitrogens is 5. The maximum atomic E-state index is 4.34. The van der Waals surface area contributed by atoms with Gasteiger partial charge in [0.25, 0.3) is 0 Å². The third-order valence-corrected chi connectivity index (χ3v) is 2.58. The van der Waals surface area contributed by atoms with E-state index in [0.717, 1.165) is 17.2 Å². The molecule has 0 saturated carbocycles. The van der Waals surface area contributed by atoms with Gasteiger partial charge in [-0.3, -0.25) is 9.97 Å². The number of anilines is 1. The Morgan fingerprint density at radius 2 is 2.05 bits per heavy atom. The molecular weight excluding hydrogens is 240 g/mol. The molecule has 3 heterocycles. The molecule has 1 N–H and O–H groups in total. The molecule has 6 heteroatoms.